The Labute approximate surface area is 103 Å². The Morgan fingerprint density at radius 1 is 1.62 bits per heavy atom. The van der Waals surface area contributed by atoms with Gasteiger partial charge in [0, 0.05) is 25.2 Å². The molecule has 2 unspecified atom stereocenters. The summed E-state index contributed by atoms with van der Waals surface area (Å²) < 4.78 is 0. The molecule has 1 aromatic heterocycles. The van der Waals surface area contributed by atoms with Crippen molar-refractivity contribution in [1.82, 2.24) is 10.2 Å². The molecule has 1 aromatic rings. The van der Waals surface area contributed by atoms with Gasteiger partial charge in [-0.2, -0.15) is 11.3 Å². The topological polar surface area (TPSA) is 15.3 Å². The van der Waals surface area contributed by atoms with Gasteiger partial charge in [-0.05, 0) is 55.6 Å². The fourth-order valence-electron chi connectivity index (χ4n) is 2.39. The molecule has 1 aliphatic rings. The molecule has 0 aliphatic carbocycles. The van der Waals surface area contributed by atoms with Crippen molar-refractivity contribution < 1.29 is 0 Å². The average molecular weight is 238 g/mol. The van der Waals surface area contributed by atoms with Crippen LogP contribution in [0.1, 0.15) is 38.3 Å². The lowest BCUT2D eigenvalue weighted by Gasteiger charge is -2.22. The molecule has 0 aromatic carbocycles. The van der Waals surface area contributed by atoms with E-state index in [1.54, 1.807) is 11.3 Å². The smallest absolute Gasteiger partial charge is 0.0300 e. The molecule has 0 radical (unpaired) electrons. The predicted molar refractivity (Wildman–Crippen MR) is 71.0 cm³/mol. The normalized spacial score (nSPS) is 23.8. The summed E-state index contributed by atoms with van der Waals surface area (Å²) in [7, 11) is 0. The highest BCUT2D eigenvalue weighted by Crippen LogP contribution is 2.17. The Morgan fingerprint density at radius 2 is 2.50 bits per heavy atom. The quantitative estimate of drug-likeness (QED) is 0.848. The van der Waals surface area contributed by atoms with Crippen LogP contribution in [0.25, 0.3) is 0 Å². The lowest BCUT2D eigenvalue weighted by atomic mass is 10.2. The predicted octanol–water partition coefficient (Wildman–Crippen LogP) is 2.88. The Morgan fingerprint density at radius 3 is 3.12 bits per heavy atom. The molecule has 1 N–H and O–H groups in total. The molecule has 1 aliphatic heterocycles. The molecule has 0 amide bonds. The monoisotopic (exact) mass is 238 g/mol. The molecule has 16 heavy (non-hydrogen) atoms. The molecule has 1 saturated heterocycles. The first-order valence-corrected chi connectivity index (χ1v) is 7.21. The van der Waals surface area contributed by atoms with Crippen LogP contribution in [0, 0.1) is 0 Å². The molecule has 1 fully saturated rings. The molecule has 0 spiro atoms. The van der Waals surface area contributed by atoms with Crippen LogP contribution in [0.4, 0.5) is 0 Å². The molecule has 2 nitrogen and oxygen atoms in total. The summed E-state index contributed by atoms with van der Waals surface area (Å²) >= 11 is 1.78. The van der Waals surface area contributed by atoms with Gasteiger partial charge in [0.05, 0.1) is 0 Å². The maximum Gasteiger partial charge on any atom is 0.0300 e. The summed E-state index contributed by atoms with van der Waals surface area (Å²) in [6.07, 6.45) is 2.75. The summed E-state index contributed by atoms with van der Waals surface area (Å²) in [6, 6.07) is 3.49. The minimum atomic E-state index is 0.490. The number of rotatable bonds is 5. The molecular weight excluding hydrogens is 216 g/mol. The van der Waals surface area contributed by atoms with Crippen LogP contribution in [0.2, 0.25) is 0 Å². The molecule has 2 rings (SSSR count). The molecule has 0 bridgehead atoms. The second kappa shape index (κ2) is 5.80. The summed E-state index contributed by atoms with van der Waals surface area (Å²) in [4.78, 5) is 2.59. The number of thiophene rings is 1. The van der Waals surface area contributed by atoms with Crippen LogP contribution in [0.5, 0.6) is 0 Å². The number of nitrogens with one attached hydrogen (secondary N) is 1. The van der Waals surface area contributed by atoms with Crippen molar-refractivity contribution in [2.45, 2.75) is 38.8 Å². The second-order valence-corrected chi connectivity index (χ2v) is 5.54. The minimum absolute atomic E-state index is 0.490. The first-order valence-electron chi connectivity index (χ1n) is 6.27. The number of likely N-dealkylation sites (tertiary alicyclic amines) is 1. The Bertz CT molecular complexity index is 297. The van der Waals surface area contributed by atoms with Crippen LogP contribution in [0.3, 0.4) is 0 Å². The maximum absolute atomic E-state index is 3.60. The standard InChI is InChI=1S/C13H22N2S/c1-11-4-3-7-15(11)8-6-14-12(2)13-5-9-16-10-13/h5,9-12,14H,3-4,6-8H2,1-2H3. The summed E-state index contributed by atoms with van der Waals surface area (Å²) in [5, 5.41) is 7.98. The van der Waals surface area contributed by atoms with Gasteiger partial charge in [0.1, 0.15) is 0 Å². The van der Waals surface area contributed by atoms with E-state index in [2.05, 4.69) is 40.9 Å². The van der Waals surface area contributed by atoms with Crippen molar-refractivity contribution in [3.05, 3.63) is 22.4 Å². The molecule has 2 heterocycles. The second-order valence-electron chi connectivity index (χ2n) is 4.76. The zero-order chi connectivity index (χ0) is 11.4. The van der Waals surface area contributed by atoms with E-state index in [9.17, 15) is 0 Å². The van der Waals surface area contributed by atoms with Crippen LogP contribution < -0.4 is 5.32 Å². The molecule has 2 atom stereocenters. The van der Waals surface area contributed by atoms with Gasteiger partial charge in [-0.1, -0.05) is 0 Å². The van der Waals surface area contributed by atoms with Crippen molar-refractivity contribution in [3.63, 3.8) is 0 Å². The lowest BCUT2D eigenvalue weighted by Crippen LogP contribution is -2.35. The van der Waals surface area contributed by atoms with Gasteiger partial charge in [0.25, 0.3) is 0 Å². The maximum atomic E-state index is 3.60. The SMILES string of the molecule is CC(NCCN1CCCC1C)c1ccsc1. The van der Waals surface area contributed by atoms with E-state index in [0.29, 0.717) is 6.04 Å². The van der Waals surface area contributed by atoms with Crippen LogP contribution >= 0.6 is 11.3 Å². The Balaban J connectivity index is 1.68. The van der Waals surface area contributed by atoms with Gasteiger partial charge in [-0.25, -0.2) is 0 Å². The highest BCUT2D eigenvalue weighted by molar-refractivity contribution is 7.07. The van der Waals surface area contributed by atoms with E-state index in [0.717, 1.165) is 12.6 Å². The summed E-state index contributed by atoms with van der Waals surface area (Å²) in [5.74, 6) is 0. The lowest BCUT2D eigenvalue weighted by molar-refractivity contribution is 0.265. The minimum Gasteiger partial charge on any atom is -0.309 e. The van der Waals surface area contributed by atoms with Gasteiger partial charge in [0.15, 0.2) is 0 Å². The van der Waals surface area contributed by atoms with Gasteiger partial charge in [-0.3, -0.25) is 4.90 Å². The van der Waals surface area contributed by atoms with Gasteiger partial charge < -0.3 is 5.32 Å². The van der Waals surface area contributed by atoms with Gasteiger partial charge in [0.2, 0.25) is 0 Å². The van der Waals surface area contributed by atoms with E-state index >= 15 is 0 Å². The van der Waals surface area contributed by atoms with Crippen molar-refractivity contribution >= 4 is 11.3 Å². The van der Waals surface area contributed by atoms with Crippen molar-refractivity contribution in [2.24, 2.45) is 0 Å². The van der Waals surface area contributed by atoms with Gasteiger partial charge in [-0.15, -0.1) is 0 Å². The van der Waals surface area contributed by atoms with Crippen molar-refractivity contribution in [1.29, 1.82) is 0 Å². The average Bonchev–Trinajstić information content (AvgIpc) is 2.90. The van der Waals surface area contributed by atoms with Crippen molar-refractivity contribution in [2.75, 3.05) is 19.6 Å². The van der Waals surface area contributed by atoms with Crippen molar-refractivity contribution in [3.8, 4) is 0 Å². The fourth-order valence-corrected chi connectivity index (χ4v) is 3.14. The van der Waals surface area contributed by atoms with E-state index in [4.69, 9.17) is 0 Å². The fraction of sp³-hybridized carbons (Fsp3) is 0.692. The molecule has 0 saturated carbocycles. The van der Waals surface area contributed by atoms with Crippen LogP contribution in [-0.4, -0.2) is 30.6 Å². The zero-order valence-electron chi connectivity index (χ0n) is 10.3. The van der Waals surface area contributed by atoms with E-state index in [-0.39, 0.29) is 0 Å². The molecule has 3 heteroatoms. The highest BCUT2D eigenvalue weighted by Gasteiger charge is 2.19. The number of nitrogens with zero attached hydrogens (tertiary/aromatic N) is 1. The third-order valence-electron chi connectivity index (χ3n) is 3.58. The van der Waals surface area contributed by atoms with E-state index < -0.39 is 0 Å². The summed E-state index contributed by atoms with van der Waals surface area (Å²) in [6.45, 7) is 8.16. The molecule has 90 valence electrons. The Kier molecular flexibility index (Phi) is 4.38. The number of hydrogen-bond acceptors (Lipinski definition) is 3. The molecular formula is C13H22N2S. The third-order valence-corrected chi connectivity index (χ3v) is 4.28. The number of hydrogen-bond donors (Lipinski definition) is 1. The highest BCUT2D eigenvalue weighted by atomic mass is 32.1. The summed E-state index contributed by atoms with van der Waals surface area (Å²) in [5.41, 5.74) is 1.42. The van der Waals surface area contributed by atoms with Crippen LogP contribution in [-0.2, 0) is 0 Å². The van der Waals surface area contributed by atoms with Crippen LogP contribution in [0.15, 0.2) is 16.8 Å². The first-order chi connectivity index (χ1) is 7.77. The Hall–Kier alpha value is -0.380. The largest absolute Gasteiger partial charge is 0.309 e. The zero-order valence-corrected chi connectivity index (χ0v) is 11.1. The van der Waals surface area contributed by atoms with E-state index in [1.807, 2.05) is 0 Å². The first kappa shape index (κ1) is 12.1. The van der Waals surface area contributed by atoms with E-state index in [1.165, 1.54) is 31.5 Å². The van der Waals surface area contributed by atoms with Gasteiger partial charge >= 0.3 is 0 Å². The third kappa shape index (κ3) is 3.06.